The number of carbonyl (C=O) groups excluding carboxylic acids is 1. The molecule has 4 heteroatoms. The molecule has 2 nitrogen and oxygen atoms in total. The highest BCUT2D eigenvalue weighted by molar-refractivity contribution is 8.07. The Morgan fingerprint density at radius 2 is 2.12 bits per heavy atom. The van der Waals surface area contributed by atoms with Crippen LogP contribution in [0.1, 0.15) is 26.7 Å². The lowest BCUT2D eigenvalue weighted by Crippen LogP contribution is -2.36. The maximum atomic E-state index is 12.3. The molecule has 0 aromatic heterocycles. The Balaban J connectivity index is 2.49. The summed E-state index contributed by atoms with van der Waals surface area (Å²) in [6, 6.07) is 0. The Bertz CT molecular complexity index is 221. The minimum absolute atomic E-state index is 0.144. The molecule has 1 aliphatic heterocycles. The van der Waals surface area contributed by atoms with E-state index in [9.17, 15) is 4.79 Å². The van der Waals surface area contributed by atoms with E-state index in [1.165, 1.54) is 5.75 Å². The zero-order valence-corrected chi connectivity index (χ0v) is 12.0. The summed E-state index contributed by atoms with van der Waals surface area (Å²) in [5.41, 5.74) is 0. The van der Waals surface area contributed by atoms with Crippen LogP contribution in [-0.2, 0) is 9.53 Å². The number of carbonyl (C=O) groups is 1. The van der Waals surface area contributed by atoms with Crippen LogP contribution in [-0.4, -0.2) is 41.5 Å². The minimum atomic E-state index is 0.144. The molecule has 1 rings (SSSR count). The van der Waals surface area contributed by atoms with Crippen molar-refractivity contribution in [3.8, 4) is 0 Å². The normalized spacial score (nSPS) is 27.7. The predicted molar refractivity (Wildman–Crippen MR) is 73.4 cm³/mol. The van der Waals surface area contributed by atoms with E-state index in [0.717, 1.165) is 18.6 Å². The van der Waals surface area contributed by atoms with Crippen molar-refractivity contribution in [2.75, 3.05) is 25.2 Å². The van der Waals surface area contributed by atoms with Crippen LogP contribution in [0, 0.1) is 5.92 Å². The van der Waals surface area contributed by atoms with Crippen molar-refractivity contribution in [2.24, 2.45) is 5.92 Å². The van der Waals surface area contributed by atoms with Gasteiger partial charge in [-0.1, -0.05) is 13.8 Å². The smallest absolute Gasteiger partial charge is 0.149 e. The Kier molecular flexibility index (Phi) is 6.85. The van der Waals surface area contributed by atoms with E-state index in [2.05, 4.69) is 6.92 Å². The Labute approximate surface area is 107 Å². The summed E-state index contributed by atoms with van der Waals surface area (Å²) in [4.78, 5) is 12.3. The fourth-order valence-corrected chi connectivity index (χ4v) is 5.03. The van der Waals surface area contributed by atoms with Crippen LogP contribution < -0.4 is 0 Å². The second-order valence-corrected chi connectivity index (χ2v) is 6.79. The number of hydrogen-bond acceptors (Lipinski definition) is 4. The largest absolute Gasteiger partial charge is 0.385 e. The first-order valence-electron chi connectivity index (χ1n) is 5.96. The molecule has 0 aromatic rings. The lowest BCUT2D eigenvalue weighted by atomic mass is 9.98. The summed E-state index contributed by atoms with van der Waals surface area (Å²) < 4.78 is 5.04. The van der Waals surface area contributed by atoms with E-state index in [4.69, 9.17) is 4.74 Å². The van der Waals surface area contributed by atoms with Crippen molar-refractivity contribution in [2.45, 2.75) is 37.2 Å². The van der Waals surface area contributed by atoms with Crippen LogP contribution in [0.2, 0.25) is 0 Å². The molecule has 0 radical (unpaired) electrons. The number of thioether (sulfide) groups is 2. The summed E-state index contributed by atoms with van der Waals surface area (Å²) in [5, 5.41) is 0.742. The van der Waals surface area contributed by atoms with Gasteiger partial charge in [0.1, 0.15) is 5.78 Å². The van der Waals surface area contributed by atoms with Gasteiger partial charge in [0, 0.05) is 36.4 Å². The Hall–Kier alpha value is 0.330. The fourth-order valence-electron chi connectivity index (χ4n) is 1.88. The van der Waals surface area contributed by atoms with Crippen LogP contribution in [0.3, 0.4) is 0 Å². The highest BCUT2D eigenvalue weighted by Crippen LogP contribution is 2.35. The molecule has 3 atom stereocenters. The number of methoxy groups -OCH3 is 1. The molecule has 3 unspecified atom stereocenters. The first-order valence-corrected chi connectivity index (χ1v) is 8.06. The third kappa shape index (κ3) is 3.97. The summed E-state index contributed by atoms with van der Waals surface area (Å²) >= 11 is 3.82. The van der Waals surface area contributed by atoms with Gasteiger partial charge in [0.25, 0.3) is 0 Å². The van der Waals surface area contributed by atoms with Crippen LogP contribution >= 0.6 is 23.5 Å². The molecule has 0 N–H and O–H groups in total. The van der Waals surface area contributed by atoms with Gasteiger partial charge in [0.05, 0.1) is 5.25 Å². The molecule has 0 saturated carbocycles. The topological polar surface area (TPSA) is 26.3 Å². The Morgan fingerprint density at radius 1 is 1.44 bits per heavy atom. The van der Waals surface area contributed by atoms with Gasteiger partial charge in [-0.3, -0.25) is 4.79 Å². The van der Waals surface area contributed by atoms with Crippen molar-refractivity contribution in [3.05, 3.63) is 0 Å². The molecule has 0 spiro atoms. The van der Waals surface area contributed by atoms with Gasteiger partial charge >= 0.3 is 0 Å². The van der Waals surface area contributed by atoms with E-state index >= 15 is 0 Å². The van der Waals surface area contributed by atoms with Gasteiger partial charge in [-0.2, -0.15) is 11.8 Å². The molecule has 0 aliphatic carbocycles. The molecule has 1 fully saturated rings. The van der Waals surface area contributed by atoms with Crippen molar-refractivity contribution in [1.29, 1.82) is 0 Å². The monoisotopic (exact) mass is 262 g/mol. The van der Waals surface area contributed by atoms with E-state index in [-0.39, 0.29) is 11.2 Å². The molecular weight excluding hydrogens is 240 g/mol. The van der Waals surface area contributed by atoms with Gasteiger partial charge in [-0.25, -0.2) is 0 Å². The molecule has 1 saturated heterocycles. The van der Waals surface area contributed by atoms with Crippen LogP contribution in [0.5, 0.6) is 0 Å². The molecule has 94 valence electrons. The molecule has 1 aliphatic rings. The summed E-state index contributed by atoms with van der Waals surface area (Å²) in [6.45, 7) is 4.91. The summed E-state index contributed by atoms with van der Waals surface area (Å²) in [7, 11) is 1.69. The average Bonchev–Trinajstić information content (AvgIpc) is 2.34. The summed E-state index contributed by atoms with van der Waals surface area (Å²) in [5.74, 6) is 2.89. The maximum Gasteiger partial charge on any atom is 0.149 e. The third-order valence-corrected chi connectivity index (χ3v) is 6.24. The molecule has 16 heavy (non-hydrogen) atoms. The summed E-state index contributed by atoms with van der Waals surface area (Å²) in [6.07, 6.45) is 1.96. The number of ether oxygens (including phenoxy) is 1. The van der Waals surface area contributed by atoms with Gasteiger partial charge in [-0.05, 0) is 12.8 Å². The van der Waals surface area contributed by atoms with Crippen molar-refractivity contribution >= 4 is 29.3 Å². The second kappa shape index (κ2) is 7.62. The SMILES string of the molecule is CCC1SCCSC1C(=O)C(C)CCOC. The number of Topliss-reactive ketones (excluding diaryl/α,β-unsaturated/α-hetero) is 1. The predicted octanol–water partition coefficient (Wildman–Crippen LogP) is 2.86. The van der Waals surface area contributed by atoms with Crippen LogP contribution in [0.25, 0.3) is 0 Å². The standard InChI is InChI=1S/C12H22O2S2/c1-4-10-12(16-8-7-15-10)11(13)9(2)5-6-14-3/h9-10,12H,4-8H2,1-3H3. The van der Waals surface area contributed by atoms with E-state index in [1.54, 1.807) is 7.11 Å². The van der Waals surface area contributed by atoms with Gasteiger partial charge in [0.2, 0.25) is 0 Å². The maximum absolute atomic E-state index is 12.3. The number of hydrogen-bond donors (Lipinski definition) is 0. The van der Waals surface area contributed by atoms with Gasteiger partial charge in [-0.15, -0.1) is 11.8 Å². The first-order chi connectivity index (χ1) is 7.70. The van der Waals surface area contributed by atoms with E-state index < -0.39 is 0 Å². The first kappa shape index (κ1) is 14.4. The van der Waals surface area contributed by atoms with Crippen LogP contribution in [0.15, 0.2) is 0 Å². The van der Waals surface area contributed by atoms with Crippen LogP contribution in [0.4, 0.5) is 0 Å². The molecule has 0 bridgehead atoms. The fraction of sp³-hybridized carbons (Fsp3) is 0.917. The third-order valence-electron chi connectivity index (χ3n) is 2.97. The highest BCUT2D eigenvalue weighted by Gasteiger charge is 2.33. The average molecular weight is 262 g/mol. The zero-order chi connectivity index (χ0) is 12.0. The minimum Gasteiger partial charge on any atom is -0.385 e. The lowest BCUT2D eigenvalue weighted by molar-refractivity contribution is -0.122. The second-order valence-electron chi connectivity index (χ2n) is 4.19. The Morgan fingerprint density at radius 3 is 2.75 bits per heavy atom. The number of rotatable bonds is 6. The van der Waals surface area contributed by atoms with Gasteiger partial charge in [0.15, 0.2) is 0 Å². The van der Waals surface area contributed by atoms with E-state index in [0.29, 0.717) is 17.6 Å². The van der Waals surface area contributed by atoms with Crippen molar-refractivity contribution in [3.63, 3.8) is 0 Å². The quantitative estimate of drug-likeness (QED) is 0.735. The van der Waals surface area contributed by atoms with Crippen molar-refractivity contribution in [1.82, 2.24) is 0 Å². The molecule has 1 heterocycles. The molecular formula is C12H22O2S2. The highest BCUT2D eigenvalue weighted by atomic mass is 32.2. The van der Waals surface area contributed by atoms with Crippen molar-refractivity contribution < 1.29 is 9.53 Å². The van der Waals surface area contributed by atoms with Gasteiger partial charge < -0.3 is 4.74 Å². The zero-order valence-electron chi connectivity index (χ0n) is 10.4. The lowest BCUT2D eigenvalue weighted by Gasteiger charge is -2.30. The molecule has 0 amide bonds. The number of ketones is 1. The van der Waals surface area contributed by atoms with E-state index in [1.807, 2.05) is 30.4 Å². The molecule has 0 aromatic carbocycles.